The van der Waals surface area contributed by atoms with Crippen LogP contribution < -0.4 is 4.72 Å². The van der Waals surface area contributed by atoms with Crippen molar-refractivity contribution in [3.05, 3.63) is 90.0 Å². The van der Waals surface area contributed by atoms with Crippen LogP contribution in [0.2, 0.25) is 0 Å². The van der Waals surface area contributed by atoms with E-state index in [0.717, 1.165) is 41.5 Å². The van der Waals surface area contributed by atoms with Crippen LogP contribution in [0.15, 0.2) is 77.7 Å². The van der Waals surface area contributed by atoms with Gasteiger partial charge < -0.3 is 4.57 Å². The molecule has 0 radical (unpaired) electrons. The van der Waals surface area contributed by atoms with Gasteiger partial charge in [0.05, 0.1) is 11.0 Å². The number of aromatic nitrogens is 2. The van der Waals surface area contributed by atoms with E-state index in [1.807, 2.05) is 24.3 Å². The smallest absolute Gasteiger partial charge is 0.264 e. The lowest BCUT2D eigenvalue weighted by Gasteiger charge is -2.10. The van der Waals surface area contributed by atoms with Crippen LogP contribution in [-0.4, -0.2) is 18.0 Å². The molecule has 0 spiro atoms. The molecule has 0 aliphatic heterocycles. The highest BCUT2D eigenvalue weighted by atomic mass is 32.2. The number of aryl methyl sites for hydroxylation is 3. The minimum Gasteiger partial charge on any atom is -0.328 e. The number of halogens is 1. The van der Waals surface area contributed by atoms with Crippen molar-refractivity contribution in [1.82, 2.24) is 9.55 Å². The number of imidazole rings is 1. The fraction of sp³-hybridized carbons (Fsp3) is 0.174. The van der Waals surface area contributed by atoms with E-state index in [0.29, 0.717) is 12.1 Å². The molecule has 5 nitrogen and oxygen atoms in total. The Hall–Kier alpha value is -3.19. The van der Waals surface area contributed by atoms with E-state index in [1.165, 1.54) is 18.2 Å². The van der Waals surface area contributed by atoms with Crippen LogP contribution in [-0.2, 0) is 29.4 Å². The SMILES string of the molecule is CCn1c(CCc2cccc(NS(=O)(=O)c3ccccc3F)c2)nc2ccccc21. The summed E-state index contributed by atoms with van der Waals surface area (Å²) in [7, 11) is -4.00. The van der Waals surface area contributed by atoms with Crippen LogP contribution in [0.3, 0.4) is 0 Å². The van der Waals surface area contributed by atoms with Crippen LogP contribution in [0, 0.1) is 5.82 Å². The van der Waals surface area contributed by atoms with Gasteiger partial charge in [-0.3, -0.25) is 4.72 Å². The number of benzene rings is 3. The second kappa shape index (κ2) is 8.28. The molecule has 0 unspecified atom stereocenters. The first kappa shape index (κ1) is 20.1. The minimum atomic E-state index is -4.00. The van der Waals surface area contributed by atoms with E-state index >= 15 is 0 Å². The highest BCUT2D eigenvalue weighted by Crippen LogP contribution is 2.21. The van der Waals surface area contributed by atoms with Gasteiger partial charge in [0, 0.05) is 18.7 Å². The van der Waals surface area contributed by atoms with Crippen LogP contribution in [0.5, 0.6) is 0 Å². The molecule has 1 aromatic heterocycles. The summed E-state index contributed by atoms with van der Waals surface area (Å²) < 4.78 is 43.6. The maximum Gasteiger partial charge on any atom is 0.264 e. The summed E-state index contributed by atoms with van der Waals surface area (Å²) in [6.07, 6.45) is 1.44. The second-order valence-electron chi connectivity index (χ2n) is 7.00. The van der Waals surface area contributed by atoms with Crippen LogP contribution >= 0.6 is 0 Å². The molecule has 0 amide bonds. The van der Waals surface area contributed by atoms with Crippen LogP contribution in [0.4, 0.5) is 10.1 Å². The lowest BCUT2D eigenvalue weighted by atomic mass is 10.1. The summed E-state index contributed by atoms with van der Waals surface area (Å²) >= 11 is 0. The van der Waals surface area contributed by atoms with Gasteiger partial charge in [0.2, 0.25) is 0 Å². The number of hydrogen-bond donors (Lipinski definition) is 1. The van der Waals surface area contributed by atoms with Crippen molar-refractivity contribution in [2.75, 3.05) is 4.72 Å². The Balaban J connectivity index is 1.53. The Kier molecular flexibility index (Phi) is 5.55. The third kappa shape index (κ3) is 4.07. The number of nitrogens with zero attached hydrogens (tertiary/aromatic N) is 2. The average molecular weight is 424 g/mol. The number of nitrogens with one attached hydrogen (secondary N) is 1. The van der Waals surface area contributed by atoms with E-state index in [-0.39, 0.29) is 4.90 Å². The maximum atomic E-state index is 13.9. The van der Waals surface area contributed by atoms with Gasteiger partial charge in [0.25, 0.3) is 10.0 Å². The Morgan fingerprint density at radius 1 is 0.967 bits per heavy atom. The Morgan fingerprint density at radius 3 is 2.53 bits per heavy atom. The summed E-state index contributed by atoms with van der Waals surface area (Å²) in [5.41, 5.74) is 3.46. The number of anilines is 1. The lowest BCUT2D eigenvalue weighted by Crippen LogP contribution is -2.14. The summed E-state index contributed by atoms with van der Waals surface area (Å²) in [5.74, 6) is 0.218. The van der Waals surface area contributed by atoms with Gasteiger partial charge in [0.1, 0.15) is 16.5 Å². The standard InChI is InChI=1S/C23H22FN3O2S/c1-2-27-21-12-5-4-11-20(21)25-23(27)15-14-17-8-7-9-18(16-17)26-30(28,29)22-13-6-3-10-19(22)24/h3-13,16,26H,2,14-15H2,1H3. The predicted octanol–water partition coefficient (Wildman–Crippen LogP) is 4.78. The molecule has 4 rings (SSSR count). The van der Waals surface area contributed by atoms with Crippen molar-refractivity contribution in [2.24, 2.45) is 0 Å². The van der Waals surface area contributed by atoms with E-state index < -0.39 is 15.8 Å². The zero-order valence-electron chi connectivity index (χ0n) is 16.5. The number of fused-ring (bicyclic) bond motifs is 1. The van der Waals surface area contributed by atoms with E-state index in [9.17, 15) is 12.8 Å². The zero-order chi connectivity index (χ0) is 21.1. The normalized spacial score (nSPS) is 11.7. The Morgan fingerprint density at radius 2 is 1.73 bits per heavy atom. The first-order valence-corrected chi connectivity index (χ1v) is 11.3. The molecule has 1 heterocycles. The van der Waals surface area contributed by atoms with Crippen molar-refractivity contribution in [3.8, 4) is 0 Å². The molecule has 0 bridgehead atoms. The van der Waals surface area contributed by atoms with Gasteiger partial charge in [-0.05, 0) is 55.3 Å². The largest absolute Gasteiger partial charge is 0.328 e. The highest BCUT2D eigenvalue weighted by molar-refractivity contribution is 7.92. The van der Waals surface area contributed by atoms with Gasteiger partial charge in [-0.1, -0.05) is 36.4 Å². The molecule has 0 aliphatic rings. The predicted molar refractivity (Wildman–Crippen MR) is 116 cm³/mol. The minimum absolute atomic E-state index is 0.368. The molecule has 3 aromatic carbocycles. The van der Waals surface area contributed by atoms with Crippen LogP contribution in [0.1, 0.15) is 18.3 Å². The van der Waals surface area contributed by atoms with Crippen molar-refractivity contribution in [1.29, 1.82) is 0 Å². The number of sulfonamides is 1. The highest BCUT2D eigenvalue weighted by Gasteiger charge is 2.18. The van der Waals surface area contributed by atoms with E-state index in [2.05, 4.69) is 22.3 Å². The molecule has 0 aliphatic carbocycles. The molecule has 0 fully saturated rings. The molecule has 0 atom stereocenters. The third-order valence-electron chi connectivity index (χ3n) is 4.99. The lowest BCUT2D eigenvalue weighted by molar-refractivity contribution is 0.570. The second-order valence-corrected chi connectivity index (χ2v) is 8.65. The van der Waals surface area contributed by atoms with Gasteiger partial charge >= 0.3 is 0 Å². The van der Waals surface area contributed by atoms with Crippen molar-refractivity contribution in [3.63, 3.8) is 0 Å². The van der Waals surface area contributed by atoms with Crippen molar-refractivity contribution < 1.29 is 12.8 Å². The van der Waals surface area contributed by atoms with Gasteiger partial charge in [-0.2, -0.15) is 0 Å². The molecule has 0 saturated carbocycles. The summed E-state index contributed by atoms with van der Waals surface area (Å²) in [6, 6.07) is 20.5. The number of rotatable bonds is 7. The van der Waals surface area contributed by atoms with Crippen LogP contribution in [0.25, 0.3) is 11.0 Å². The maximum absolute atomic E-state index is 13.9. The van der Waals surface area contributed by atoms with Gasteiger partial charge in [0.15, 0.2) is 0 Å². The van der Waals surface area contributed by atoms with Gasteiger partial charge in [-0.15, -0.1) is 0 Å². The monoisotopic (exact) mass is 423 g/mol. The van der Waals surface area contributed by atoms with E-state index in [1.54, 1.807) is 18.2 Å². The first-order valence-electron chi connectivity index (χ1n) is 9.78. The fourth-order valence-electron chi connectivity index (χ4n) is 3.59. The molecule has 0 saturated heterocycles. The Bertz CT molecular complexity index is 1300. The Labute approximate surface area is 175 Å². The first-order chi connectivity index (χ1) is 14.5. The molecule has 154 valence electrons. The quantitative estimate of drug-likeness (QED) is 0.465. The fourth-order valence-corrected chi connectivity index (χ4v) is 4.72. The molecular weight excluding hydrogens is 401 g/mol. The summed E-state index contributed by atoms with van der Waals surface area (Å²) in [4.78, 5) is 4.37. The van der Waals surface area contributed by atoms with Crippen molar-refractivity contribution >= 4 is 26.7 Å². The summed E-state index contributed by atoms with van der Waals surface area (Å²) in [6.45, 7) is 2.92. The zero-order valence-corrected chi connectivity index (χ0v) is 17.4. The van der Waals surface area contributed by atoms with Gasteiger partial charge in [-0.25, -0.2) is 17.8 Å². The van der Waals surface area contributed by atoms with E-state index in [4.69, 9.17) is 4.98 Å². The van der Waals surface area contributed by atoms with Crippen molar-refractivity contribution in [2.45, 2.75) is 31.2 Å². The number of para-hydroxylation sites is 2. The third-order valence-corrected chi connectivity index (χ3v) is 6.41. The molecule has 1 N–H and O–H groups in total. The summed E-state index contributed by atoms with van der Waals surface area (Å²) in [5, 5.41) is 0. The molecular formula is C23H22FN3O2S. The molecule has 30 heavy (non-hydrogen) atoms. The molecule has 7 heteroatoms. The average Bonchev–Trinajstić information content (AvgIpc) is 3.10. The number of hydrogen-bond acceptors (Lipinski definition) is 3. The topological polar surface area (TPSA) is 64.0 Å². The molecule has 4 aromatic rings.